The average molecular weight is 816 g/mol. The number of aliphatic hydroxyl groups excluding tert-OH is 3. The quantitative estimate of drug-likeness (QED) is 0.0364. The van der Waals surface area contributed by atoms with Crippen LogP contribution in [-0.4, -0.2) is 46.1 Å². The van der Waals surface area contributed by atoms with Crippen molar-refractivity contribution in [2.24, 2.45) is 0 Å². The fourth-order valence-corrected chi connectivity index (χ4v) is 7.90. The van der Waals surface area contributed by atoms with Gasteiger partial charge in [0, 0.05) is 0 Å². The molecule has 3 atom stereocenters. The molecule has 0 aromatic rings. The van der Waals surface area contributed by atoms with Crippen LogP contribution in [0.2, 0.25) is 0 Å². The van der Waals surface area contributed by atoms with Crippen molar-refractivity contribution in [1.29, 1.82) is 0 Å². The minimum atomic E-state index is -1.11. The van der Waals surface area contributed by atoms with Gasteiger partial charge in [-0.2, -0.15) is 0 Å². The highest BCUT2D eigenvalue weighted by Gasteiger charge is 2.22. The van der Waals surface area contributed by atoms with Crippen LogP contribution in [0.25, 0.3) is 0 Å². The average Bonchev–Trinajstić information content (AvgIpc) is 3.23. The molecule has 0 aliphatic carbocycles. The van der Waals surface area contributed by atoms with Crippen molar-refractivity contribution in [1.82, 2.24) is 5.32 Å². The molecule has 0 aliphatic heterocycles. The molecule has 0 fully saturated rings. The molecule has 0 saturated carbocycles. The Bertz CT molecular complexity index is 901. The highest BCUT2D eigenvalue weighted by molar-refractivity contribution is 5.80. The minimum absolute atomic E-state index is 0.376. The Morgan fingerprint density at radius 2 is 0.707 bits per heavy atom. The van der Waals surface area contributed by atoms with Gasteiger partial charge >= 0.3 is 0 Å². The Morgan fingerprint density at radius 3 is 1.05 bits per heavy atom. The van der Waals surface area contributed by atoms with E-state index < -0.39 is 24.2 Å². The highest BCUT2D eigenvalue weighted by atomic mass is 16.3. The number of carbonyl (C=O) groups is 1. The maximum atomic E-state index is 12.5. The van der Waals surface area contributed by atoms with Gasteiger partial charge in [0.25, 0.3) is 0 Å². The van der Waals surface area contributed by atoms with Crippen molar-refractivity contribution in [3.05, 3.63) is 36.5 Å². The zero-order chi connectivity index (χ0) is 42.3. The zero-order valence-electron chi connectivity index (χ0n) is 38.9. The van der Waals surface area contributed by atoms with Gasteiger partial charge < -0.3 is 20.6 Å². The van der Waals surface area contributed by atoms with Crippen molar-refractivity contribution in [3.8, 4) is 0 Å². The minimum Gasteiger partial charge on any atom is -0.394 e. The normalized spacial score (nSPS) is 13.7. The van der Waals surface area contributed by atoms with E-state index in [0.29, 0.717) is 6.42 Å². The van der Waals surface area contributed by atoms with E-state index in [2.05, 4.69) is 43.5 Å². The first-order valence-corrected chi connectivity index (χ1v) is 25.8. The summed E-state index contributed by atoms with van der Waals surface area (Å²) in [4.78, 5) is 12.5. The van der Waals surface area contributed by atoms with Crippen LogP contribution < -0.4 is 5.32 Å². The molecule has 0 bridgehead atoms. The monoisotopic (exact) mass is 816 g/mol. The SMILES string of the molecule is CCCCCCCCCCCCCC/C=C\CCCCCCCCCCCC(O)C(=O)NC(CO)C(O)/C=C/CC/C=C/CCCCCCCCCCCCCCC. The molecule has 342 valence electrons. The van der Waals surface area contributed by atoms with Gasteiger partial charge in [-0.3, -0.25) is 4.79 Å². The molecule has 0 aromatic heterocycles. The van der Waals surface area contributed by atoms with E-state index in [1.54, 1.807) is 6.08 Å². The maximum absolute atomic E-state index is 12.5. The van der Waals surface area contributed by atoms with Gasteiger partial charge in [-0.25, -0.2) is 0 Å². The molecule has 0 radical (unpaired) electrons. The Morgan fingerprint density at radius 1 is 0.414 bits per heavy atom. The van der Waals surface area contributed by atoms with Crippen LogP contribution in [0, 0.1) is 0 Å². The molecule has 4 N–H and O–H groups in total. The molecule has 0 saturated heterocycles. The Hall–Kier alpha value is -1.43. The Labute approximate surface area is 362 Å². The van der Waals surface area contributed by atoms with Gasteiger partial charge in [-0.05, 0) is 57.8 Å². The second-order valence-electron chi connectivity index (χ2n) is 17.7. The number of allylic oxidation sites excluding steroid dienone is 5. The van der Waals surface area contributed by atoms with Crippen LogP contribution in [0.15, 0.2) is 36.5 Å². The summed E-state index contributed by atoms with van der Waals surface area (Å²) in [7, 11) is 0. The van der Waals surface area contributed by atoms with Crippen LogP contribution in [0.5, 0.6) is 0 Å². The van der Waals surface area contributed by atoms with Crippen LogP contribution in [0.3, 0.4) is 0 Å². The molecule has 1 amide bonds. The predicted octanol–water partition coefficient (Wildman–Crippen LogP) is 15.5. The van der Waals surface area contributed by atoms with Gasteiger partial charge in [-0.1, -0.05) is 249 Å². The molecule has 3 unspecified atom stereocenters. The van der Waals surface area contributed by atoms with E-state index >= 15 is 0 Å². The summed E-state index contributed by atoms with van der Waals surface area (Å²) >= 11 is 0. The number of unbranched alkanes of at least 4 members (excludes halogenated alkanes) is 35. The van der Waals surface area contributed by atoms with Crippen molar-refractivity contribution >= 4 is 5.91 Å². The van der Waals surface area contributed by atoms with Crippen LogP contribution >= 0.6 is 0 Å². The third-order valence-corrected chi connectivity index (χ3v) is 12.0. The van der Waals surface area contributed by atoms with E-state index in [0.717, 1.165) is 38.5 Å². The Kier molecular flexibility index (Phi) is 47.0. The topological polar surface area (TPSA) is 89.8 Å². The van der Waals surface area contributed by atoms with Crippen molar-refractivity contribution in [2.75, 3.05) is 6.61 Å². The third kappa shape index (κ3) is 42.7. The number of aliphatic hydroxyl groups is 3. The molecular formula is C53H101NO4. The van der Waals surface area contributed by atoms with Gasteiger partial charge in [0.1, 0.15) is 6.10 Å². The predicted molar refractivity (Wildman–Crippen MR) is 254 cm³/mol. The maximum Gasteiger partial charge on any atom is 0.249 e. The van der Waals surface area contributed by atoms with Gasteiger partial charge in [0.2, 0.25) is 5.91 Å². The van der Waals surface area contributed by atoms with E-state index in [-0.39, 0.29) is 6.61 Å². The molecule has 0 heterocycles. The summed E-state index contributed by atoms with van der Waals surface area (Å²) in [5.74, 6) is -0.512. The van der Waals surface area contributed by atoms with Crippen LogP contribution in [0.1, 0.15) is 271 Å². The van der Waals surface area contributed by atoms with Crippen molar-refractivity contribution < 1.29 is 20.1 Å². The molecule has 0 aromatic carbocycles. The van der Waals surface area contributed by atoms with Crippen molar-refractivity contribution in [3.63, 3.8) is 0 Å². The number of amides is 1. The number of nitrogens with one attached hydrogen (secondary N) is 1. The van der Waals surface area contributed by atoms with E-state index in [1.807, 2.05) is 6.08 Å². The van der Waals surface area contributed by atoms with E-state index in [1.165, 1.54) is 212 Å². The van der Waals surface area contributed by atoms with Gasteiger partial charge in [-0.15, -0.1) is 0 Å². The number of hydrogen-bond donors (Lipinski definition) is 4. The molecule has 0 aliphatic rings. The van der Waals surface area contributed by atoms with Crippen LogP contribution in [-0.2, 0) is 4.79 Å². The largest absolute Gasteiger partial charge is 0.394 e. The first-order chi connectivity index (χ1) is 28.6. The van der Waals surface area contributed by atoms with E-state index in [9.17, 15) is 20.1 Å². The third-order valence-electron chi connectivity index (χ3n) is 12.0. The standard InChI is InChI=1S/C53H101NO4/c1-3-5-7-9-11-13-15-17-19-21-23-24-25-26-27-28-30-32-34-36-38-40-42-44-46-48-52(57)53(58)54-50(49-55)51(56)47-45-43-41-39-37-35-33-31-29-22-20-18-16-14-12-10-8-6-4-2/h26-27,37,39,45,47,50-52,55-57H,3-25,28-36,38,40-44,46,48-49H2,1-2H3,(H,54,58)/b27-26-,39-37+,47-45+. The fourth-order valence-electron chi connectivity index (χ4n) is 7.90. The molecule has 5 heteroatoms. The highest BCUT2D eigenvalue weighted by Crippen LogP contribution is 2.16. The summed E-state index contributed by atoms with van der Waals surface area (Å²) in [6.45, 7) is 4.19. The molecule has 5 nitrogen and oxygen atoms in total. The summed E-state index contributed by atoms with van der Waals surface area (Å²) in [6, 6.07) is -0.815. The second-order valence-corrected chi connectivity index (χ2v) is 17.7. The molecule has 58 heavy (non-hydrogen) atoms. The lowest BCUT2D eigenvalue weighted by Crippen LogP contribution is -2.48. The van der Waals surface area contributed by atoms with Gasteiger partial charge in [0.05, 0.1) is 18.8 Å². The number of rotatable bonds is 47. The molecular weight excluding hydrogens is 715 g/mol. The van der Waals surface area contributed by atoms with E-state index in [4.69, 9.17) is 0 Å². The lowest BCUT2D eigenvalue weighted by atomic mass is 10.0. The van der Waals surface area contributed by atoms with Crippen molar-refractivity contribution in [2.45, 2.75) is 289 Å². The Balaban J connectivity index is 3.64. The zero-order valence-corrected chi connectivity index (χ0v) is 38.9. The summed E-state index contributed by atoms with van der Waals surface area (Å²) in [6.07, 6.45) is 62.0. The summed E-state index contributed by atoms with van der Waals surface area (Å²) in [5, 5.41) is 33.3. The van der Waals surface area contributed by atoms with Gasteiger partial charge in [0.15, 0.2) is 0 Å². The molecule has 0 spiro atoms. The summed E-state index contributed by atoms with van der Waals surface area (Å²) < 4.78 is 0. The lowest BCUT2D eigenvalue weighted by molar-refractivity contribution is -0.131. The fraction of sp³-hybridized carbons (Fsp3) is 0.868. The number of hydrogen-bond acceptors (Lipinski definition) is 4. The van der Waals surface area contributed by atoms with Crippen LogP contribution in [0.4, 0.5) is 0 Å². The summed E-state index contributed by atoms with van der Waals surface area (Å²) in [5.41, 5.74) is 0. The lowest BCUT2D eigenvalue weighted by Gasteiger charge is -2.21. The smallest absolute Gasteiger partial charge is 0.249 e. The first kappa shape index (κ1) is 56.6. The first-order valence-electron chi connectivity index (χ1n) is 25.8. The molecule has 0 rings (SSSR count). The second kappa shape index (κ2) is 48.2. The number of carbonyl (C=O) groups excluding carboxylic acids is 1.